The van der Waals surface area contributed by atoms with Crippen LogP contribution < -0.4 is 0 Å². The second-order valence-electron chi connectivity index (χ2n) is 12.6. The third kappa shape index (κ3) is 7.58. The third-order valence-electron chi connectivity index (χ3n) is 8.92. The largest absolute Gasteiger partial charge is 0.462 e. The van der Waals surface area contributed by atoms with Crippen LogP contribution in [0.15, 0.2) is 24.3 Å². The molecule has 5 rings (SSSR count). The number of ether oxygens (including phenoxy) is 4. The summed E-state index contributed by atoms with van der Waals surface area (Å²) in [7, 11) is 0. The van der Waals surface area contributed by atoms with Crippen LogP contribution in [0.5, 0.6) is 0 Å². The second-order valence-corrected chi connectivity index (χ2v) is 14.2. The fourth-order valence-corrected chi connectivity index (χ4v) is 7.50. The van der Waals surface area contributed by atoms with Crippen molar-refractivity contribution in [3.63, 3.8) is 0 Å². The van der Waals surface area contributed by atoms with Crippen LogP contribution in [-0.2, 0) is 18.9 Å². The van der Waals surface area contributed by atoms with E-state index in [0.29, 0.717) is 58.0 Å². The van der Waals surface area contributed by atoms with E-state index in [9.17, 15) is 19.2 Å². The number of hydrogen-bond acceptors (Lipinski definition) is 8. The van der Waals surface area contributed by atoms with Crippen molar-refractivity contribution in [3.05, 3.63) is 66.6 Å². The molecule has 0 unspecified atom stereocenters. The summed E-state index contributed by atoms with van der Waals surface area (Å²) in [5, 5.41) is 2.66. The van der Waals surface area contributed by atoms with Crippen molar-refractivity contribution in [2.45, 2.75) is 79.1 Å². The minimum absolute atomic E-state index is 0.0272. The Kier molecular flexibility index (Phi) is 13.3. The topological polar surface area (TPSA) is 105 Å². The Labute approximate surface area is 322 Å². The molecule has 5 aromatic rings. The van der Waals surface area contributed by atoms with Gasteiger partial charge in [0.2, 0.25) is 0 Å². The number of halogens is 4. The van der Waals surface area contributed by atoms with Gasteiger partial charge in [0.05, 0.1) is 48.7 Å². The zero-order chi connectivity index (χ0) is 37.7. The van der Waals surface area contributed by atoms with Crippen LogP contribution in [-0.4, -0.2) is 50.3 Å². The lowest BCUT2D eigenvalue weighted by Crippen LogP contribution is -2.14. The van der Waals surface area contributed by atoms with E-state index in [2.05, 4.69) is 0 Å². The Balaban J connectivity index is 1.99. The molecule has 0 spiro atoms. The van der Waals surface area contributed by atoms with Crippen LogP contribution in [0.3, 0.4) is 0 Å². The van der Waals surface area contributed by atoms with E-state index in [0.717, 1.165) is 25.7 Å². The van der Waals surface area contributed by atoms with E-state index in [-0.39, 0.29) is 79.5 Å². The van der Waals surface area contributed by atoms with Crippen molar-refractivity contribution in [3.8, 4) is 0 Å². The minimum Gasteiger partial charge on any atom is -0.462 e. The van der Waals surface area contributed by atoms with Crippen molar-refractivity contribution in [2.24, 2.45) is 0 Å². The lowest BCUT2D eigenvalue weighted by molar-refractivity contribution is 0.0485. The number of hydrogen-bond donors (Lipinski definition) is 0. The lowest BCUT2D eigenvalue weighted by Gasteiger charge is -2.23. The maximum absolute atomic E-state index is 13.7. The first kappa shape index (κ1) is 39.6. The van der Waals surface area contributed by atoms with Crippen molar-refractivity contribution < 1.29 is 38.1 Å². The van der Waals surface area contributed by atoms with Crippen LogP contribution in [0.25, 0.3) is 43.1 Å². The minimum atomic E-state index is -0.693. The summed E-state index contributed by atoms with van der Waals surface area (Å²) in [6, 6.07) is 5.72. The first-order chi connectivity index (χ1) is 25.0. The molecule has 0 radical (unpaired) electrons. The standard InChI is InChI=1S/C40H40Cl4O8/c1-5-9-13-49-37(45)21-17-25(41)31-33-27(43)19-23(39(47)51-15-11-7-3)30-24(40(48)52-16-12-8-4)20-28(44)34(36(30)33)32-26(42)18-22(29(21)35(31)32)38(46)50-14-10-6-2/h17-20H,5-16H2,1-4H3. The smallest absolute Gasteiger partial charge is 0.338 e. The maximum atomic E-state index is 13.7. The van der Waals surface area contributed by atoms with Gasteiger partial charge in [-0.15, -0.1) is 0 Å². The SMILES string of the molecule is CCCCOC(=O)c1cc(Cl)c2c3c(Cl)cc(C(=O)OCCCC)c4c(C(=O)OCCCC)cc(Cl)c(c5c(Cl)cc(C(=O)OCCCC)c1c25)c43. The number of esters is 4. The highest BCUT2D eigenvalue weighted by atomic mass is 35.5. The molecule has 0 amide bonds. The van der Waals surface area contributed by atoms with E-state index in [1.165, 1.54) is 24.3 Å². The van der Waals surface area contributed by atoms with E-state index in [4.69, 9.17) is 65.4 Å². The average Bonchev–Trinajstić information content (AvgIpc) is 3.12. The Bertz CT molecular complexity index is 1880. The summed E-state index contributed by atoms with van der Waals surface area (Å²) in [4.78, 5) is 55.0. The van der Waals surface area contributed by atoms with Gasteiger partial charge >= 0.3 is 23.9 Å². The lowest BCUT2D eigenvalue weighted by atomic mass is 9.84. The number of fused-ring (bicyclic) bond motifs is 2. The van der Waals surface area contributed by atoms with Crippen molar-refractivity contribution in [2.75, 3.05) is 26.4 Å². The van der Waals surface area contributed by atoms with Gasteiger partial charge < -0.3 is 18.9 Å². The van der Waals surface area contributed by atoms with Gasteiger partial charge in [0, 0.05) is 63.2 Å². The fourth-order valence-electron chi connectivity index (χ4n) is 6.31. The summed E-state index contributed by atoms with van der Waals surface area (Å²) < 4.78 is 22.5. The molecule has 0 saturated heterocycles. The molecule has 0 bridgehead atoms. The van der Waals surface area contributed by atoms with Gasteiger partial charge in [-0.2, -0.15) is 0 Å². The first-order valence-corrected chi connectivity index (χ1v) is 19.2. The van der Waals surface area contributed by atoms with E-state index in [1.54, 1.807) is 0 Å². The number of unbranched alkanes of at least 4 members (excludes halogenated alkanes) is 4. The Hall–Kier alpha value is -3.56. The molecular formula is C40H40Cl4O8. The van der Waals surface area contributed by atoms with Crippen LogP contribution >= 0.6 is 46.4 Å². The van der Waals surface area contributed by atoms with Gasteiger partial charge in [0.25, 0.3) is 0 Å². The van der Waals surface area contributed by atoms with Crippen molar-refractivity contribution >= 4 is 113 Å². The average molecular weight is 791 g/mol. The predicted molar refractivity (Wildman–Crippen MR) is 208 cm³/mol. The molecule has 0 saturated carbocycles. The van der Waals surface area contributed by atoms with Gasteiger partial charge in [-0.05, 0) is 49.9 Å². The van der Waals surface area contributed by atoms with Gasteiger partial charge in [0.15, 0.2) is 0 Å². The highest BCUT2D eigenvalue weighted by molar-refractivity contribution is 6.55. The first-order valence-electron chi connectivity index (χ1n) is 17.7. The highest BCUT2D eigenvalue weighted by Crippen LogP contribution is 2.52. The summed E-state index contributed by atoms with van der Waals surface area (Å²) >= 11 is 28.4. The van der Waals surface area contributed by atoms with Crippen LogP contribution in [0.2, 0.25) is 20.1 Å². The molecule has 0 heterocycles. The number of carbonyl (C=O) groups is 4. The number of benzene rings is 5. The predicted octanol–water partition coefficient (Wildman–Crippen LogP) is 12.2. The van der Waals surface area contributed by atoms with Crippen molar-refractivity contribution in [1.82, 2.24) is 0 Å². The van der Waals surface area contributed by atoms with E-state index >= 15 is 0 Å². The molecule has 12 heteroatoms. The van der Waals surface area contributed by atoms with Crippen molar-refractivity contribution in [1.29, 1.82) is 0 Å². The molecule has 8 nitrogen and oxygen atoms in total. The summed E-state index contributed by atoms with van der Waals surface area (Å²) in [6.07, 6.45) is 5.70. The van der Waals surface area contributed by atoms with E-state index < -0.39 is 23.9 Å². The van der Waals surface area contributed by atoms with Gasteiger partial charge in [0.1, 0.15) is 0 Å². The highest BCUT2D eigenvalue weighted by Gasteiger charge is 2.32. The quantitative estimate of drug-likeness (QED) is 0.0320. The summed E-state index contributed by atoms with van der Waals surface area (Å²) in [5.41, 5.74) is 0.109. The zero-order valence-corrected chi connectivity index (χ0v) is 32.6. The number of carbonyl (C=O) groups excluding carboxylic acids is 4. The summed E-state index contributed by atoms with van der Waals surface area (Å²) in [5.74, 6) is -2.77. The van der Waals surface area contributed by atoms with Gasteiger partial charge in [-0.3, -0.25) is 0 Å². The molecule has 0 N–H and O–H groups in total. The monoisotopic (exact) mass is 788 g/mol. The Morgan fingerprint density at radius 2 is 0.596 bits per heavy atom. The molecule has 0 atom stereocenters. The van der Waals surface area contributed by atoms with Gasteiger partial charge in [-0.25, -0.2) is 19.2 Å². The molecule has 5 aromatic carbocycles. The van der Waals surface area contributed by atoms with E-state index in [1.807, 2.05) is 27.7 Å². The molecule has 0 aromatic heterocycles. The Morgan fingerprint density at radius 3 is 0.788 bits per heavy atom. The van der Waals surface area contributed by atoms with Crippen LogP contribution in [0.1, 0.15) is 120 Å². The fraction of sp³-hybridized carbons (Fsp3) is 0.400. The third-order valence-corrected chi connectivity index (χ3v) is 10.1. The molecule has 52 heavy (non-hydrogen) atoms. The molecule has 0 aliphatic carbocycles. The zero-order valence-electron chi connectivity index (χ0n) is 29.6. The molecule has 0 aliphatic heterocycles. The normalized spacial score (nSPS) is 11.5. The molecule has 276 valence electrons. The van der Waals surface area contributed by atoms with Crippen LogP contribution in [0.4, 0.5) is 0 Å². The molecule has 0 aliphatic rings. The summed E-state index contributed by atoms with van der Waals surface area (Å²) in [6.45, 7) is 8.49. The second kappa shape index (κ2) is 17.5. The Morgan fingerprint density at radius 1 is 0.385 bits per heavy atom. The van der Waals surface area contributed by atoms with Gasteiger partial charge in [-0.1, -0.05) is 99.8 Å². The number of rotatable bonds is 16. The molecular weight excluding hydrogens is 750 g/mol. The van der Waals surface area contributed by atoms with Crippen LogP contribution in [0, 0.1) is 0 Å². The molecule has 0 fully saturated rings. The maximum Gasteiger partial charge on any atom is 0.338 e.